The Labute approximate surface area is 189 Å². The Hall–Kier alpha value is -3.44. The van der Waals surface area contributed by atoms with Gasteiger partial charge < -0.3 is 10.2 Å². The average Bonchev–Trinajstić information content (AvgIpc) is 3.35. The summed E-state index contributed by atoms with van der Waals surface area (Å²) < 4.78 is 0. The number of nitrogens with zero attached hydrogens (tertiary/aromatic N) is 2. The first-order valence-corrected chi connectivity index (χ1v) is 11.2. The van der Waals surface area contributed by atoms with Crippen LogP contribution in [0.15, 0.2) is 84.9 Å². The van der Waals surface area contributed by atoms with Crippen LogP contribution in [0.25, 0.3) is 0 Å². The van der Waals surface area contributed by atoms with E-state index in [1.54, 1.807) is 12.1 Å². The molecule has 5 nitrogen and oxygen atoms in total. The third kappa shape index (κ3) is 5.83. The first-order chi connectivity index (χ1) is 15.7. The van der Waals surface area contributed by atoms with Crippen molar-refractivity contribution in [3.8, 4) is 0 Å². The molecule has 3 aromatic rings. The van der Waals surface area contributed by atoms with Gasteiger partial charge in [-0.1, -0.05) is 72.8 Å². The van der Waals surface area contributed by atoms with E-state index in [0.717, 1.165) is 37.1 Å². The number of benzene rings is 3. The molecule has 0 spiro atoms. The van der Waals surface area contributed by atoms with E-state index in [9.17, 15) is 9.59 Å². The van der Waals surface area contributed by atoms with Crippen LogP contribution >= 0.6 is 0 Å². The lowest BCUT2D eigenvalue weighted by atomic mass is 10.1. The van der Waals surface area contributed by atoms with Gasteiger partial charge in [0.05, 0.1) is 17.8 Å². The molecule has 1 heterocycles. The van der Waals surface area contributed by atoms with Gasteiger partial charge in [-0.15, -0.1) is 0 Å². The van der Waals surface area contributed by atoms with Crippen molar-refractivity contribution in [3.63, 3.8) is 0 Å². The van der Waals surface area contributed by atoms with Crippen LogP contribution in [0.5, 0.6) is 0 Å². The molecule has 1 N–H and O–H groups in total. The number of likely N-dealkylation sites (tertiary alicyclic amines) is 1. The molecule has 4 rings (SSSR count). The van der Waals surface area contributed by atoms with Gasteiger partial charge in [0.1, 0.15) is 0 Å². The highest BCUT2D eigenvalue weighted by atomic mass is 16.2. The number of hydrogen-bond acceptors (Lipinski definition) is 3. The highest BCUT2D eigenvalue weighted by molar-refractivity contribution is 6.04. The van der Waals surface area contributed by atoms with Gasteiger partial charge in [-0.3, -0.25) is 14.5 Å². The van der Waals surface area contributed by atoms with Crippen LogP contribution in [0, 0.1) is 0 Å². The van der Waals surface area contributed by atoms with Crippen LogP contribution in [0.1, 0.15) is 34.3 Å². The third-order valence-corrected chi connectivity index (χ3v) is 5.69. The lowest BCUT2D eigenvalue weighted by Gasteiger charge is -2.23. The smallest absolute Gasteiger partial charge is 0.255 e. The number of amides is 2. The Morgan fingerprint density at radius 2 is 1.28 bits per heavy atom. The molecule has 1 aliphatic rings. The third-order valence-electron chi connectivity index (χ3n) is 5.69. The fraction of sp³-hybridized carbons (Fsp3) is 0.259. The van der Waals surface area contributed by atoms with Gasteiger partial charge >= 0.3 is 0 Å². The van der Waals surface area contributed by atoms with Crippen LogP contribution in [0.4, 0.5) is 5.69 Å². The van der Waals surface area contributed by atoms with E-state index in [1.165, 1.54) is 0 Å². The van der Waals surface area contributed by atoms with Gasteiger partial charge in [0.25, 0.3) is 5.91 Å². The summed E-state index contributed by atoms with van der Waals surface area (Å²) in [5.41, 5.74) is 3.44. The molecule has 1 aliphatic heterocycles. The van der Waals surface area contributed by atoms with Crippen molar-refractivity contribution in [1.29, 1.82) is 0 Å². The highest BCUT2D eigenvalue weighted by Gasteiger charge is 2.22. The molecule has 0 atom stereocenters. The zero-order valence-electron chi connectivity index (χ0n) is 18.2. The topological polar surface area (TPSA) is 52.7 Å². The molecule has 3 aromatic carbocycles. The summed E-state index contributed by atoms with van der Waals surface area (Å²) in [6.07, 6.45) is 2.07. The number of carbonyl (C=O) groups is 2. The number of nitrogens with one attached hydrogen (secondary N) is 1. The van der Waals surface area contributed by atoms with Crippen molar-refractivity contribution in [3.05, 3.63) is 102 Å². The van der Waals surface area contributed by atoms with Crippen LogP contribution < -0.4 is 5.32 Å². The maximum absolute atomic E-state index is 13.0. The van der Waals surface area contributed by atoms with Gasteiger partial charge in [0.2, 0.25) is 5.91 Å². The standard InChI is InChI=1S/C27H29N3O2/c31-26(28-25-16-8-7-15-24(25)27(32)30-17-9-10-18-30)21-29(19-22-11-3-1-4-12-22)20-23-13-5-2-6-14-23/h1-8,11-16H,9-10,17-21H2,(H,28,31). The highest BCUT2D eigenvalue weighted by Crippen LogP contribution is 2.20. The number of carbonyl (C=O) groups excluding carboxylic acids is 2. The predicted octanol–water partition coefficient (Wildman–Crippen LogP) is 4.56. The molecule has 0 unspecified atom stereocenters. The Kier molecular flexibility index (Phi) is 7.31. The van der Waals surface area contributed by atoms with Crippen LogP contribution in [0.2, 0.25) is 0 Å². The molecule has 5 heteroatoms. The van der Waals surface area contributed by atoms with Crippen molar-refractivity contribution in [2.75, 3.05) is 25.0 Å². The average molecular weight is 428 g/mol. The lowest BCUT2D eigenvalue weighted by molar-refractivity contribution is -0.117. The van der Waals surface area contributed by atoms with Gasteiger partial charge in [-0.25, -0.2) is 0 Å². The monoisotopic (exact) mass is 427 g/mol. The molecule has 1 fully saturated rings. The molecule has 2 amide bonds. The molecule has 0 radical (unpaired) electrons. The fourth-order valence-electron chi connectivity index (χ4n) is 4.11. The lowest BCUT2D eigenvalue weighted by Crippen LogP contribution is -2.33. The van der Waals surface area contributed by atoms with Crippen LogP contribution in [-0.4, -0.2) is 41.2 Å². The van der Waals surface area contributed by atoms with Gasteiger partial charge in [-0.05, 0) is 36.1 Å². The first-order valence-electron chi connectivity index (χ1n) is 11.2. The van der Waals surface area contributed by atoms with E-state index in [4.69, 9.17) is 0 Å². The van der Waals surface area contributed by atoms with E-state index in [-0.39, 0.29) is 18.4 Å². The van der Waals surface area contributed by atoms with E-state index in [1.807, 2.05) is 53.4 Å². The van der Waals surface area contributed by atoms with Crippen molar-refractivity contribution >= 4 is 17.5 Å². The molecule has 0 aliphatic carbocycles. The summed E-state index contributed by atoms with van der Waals surface area (Å²) in [6.45, 7) is 3.12. The molecular formula is C27H29N3O2. The number of anilines is 1. The molecule has 0 bridgehead atoms. The largest absolute Gasteiger partial charge is 0.339 e. The summed E-state index contributed by atoms with van der Waals surface area (Å²) in [5, 5.41) is 2.99. The van der Waals surface area contributed by atoms with Crippen molar-refractivity contribution in [2.24, 2.45) is 0 Å². The van der Waals surface area contributed by atoms with Gasteiger partial charge in [-0.2, -0.15) is 0 Å². The fourth-order valence-corrected chi connectivity index (χ4v) is 4.11. The summed E-state index contributed by atoms with van der Waals surface area (Å²) in [6, 6.07) is 27.6. The minimum Gasteiger partial charge on any atom is -0.339 e. The Balaban J connectivity index is 1.47. The minimum atomic E-state index is -0.126. The molecular weight excluding hydrogens is 398 g/mol. The van der Waals surface area contributed by atoms with Crippen molar-refractivity contribution in [1.82, 2.24) is 9.80 Å². The molecule has 164 valence electrons. The van der Waals surface area contributed by atoms with Gasteiger partial charge in [0.15, 0.2) is 0 Å². The molecule has 1 saturated heterocycles. The van der Waals surface area contributed by atoms with E-state index in [2.05, 4.69) is 34.5 Å². The Bertz CT molecular complexity index is 990. The number of para-hydroxylation sites is 1. The summed E-state index contributed by atoms with van der Waals surface area (Å²) in [5.74, 6) is -0.137. The second-order valence-corrected chi connectivity index (χ2v) is 8.21. The maximum Gasteiger partial charge on any atom is 0.255 e. The molecule has 0 saturated carbocycles. The van der Waals surface area contributed by atoms with E-state index >= 15 is 0 Å². The summed E-state index contributed by atoms with van der Waals surface area (Å²) in [7, 11) is 0. The summed E-state index contributed by atoms with van der Waals surface area (Å²) >= 11 is 0. The zero-order valence-corrected chi connectivity index (χ0v) is 18.2. The number of hydrogen-bond donors (Lipinski definition) is 1. The van der Waals surface area contributed by atoms with E-state index in [0.29, 0.717) is 24.3 Å². The Morgan fingerprint density at radius 1 is 0.750 bits per heavy atom. The van der Waals surface area contributed by atoms with Crippen LogP contribution in [-0.2, 0) is 17.9 Å². The van der Waals surface area contributed by atoms with Crippen molar-refractivity contribution in [2.45, 2.75) is 25.9 Å². The van der Waals surface area contributed by atoms with Crippen LogP contribution in [0.3, 0.4) is 0 Å². The quantitative estimate of drug-likeness (QED) is 0.573. The number of rotatable bonds is 8. The normalized spacial score (nSPS) is 13.3. The zero-order chi connectivity index (χ0) is 22.2. The predicted molar refractivity (Wildman–Crippen MR) is 127 cm³/mol. The van der Waals surface area contributed by atoms with Gasteiger partial charge in [0, 0.05) is 26.2 Å². The SMILES string of the molecule is O=C(CN(Cc1ccccc1)Cc1ccccc1)Nc1ccccc1C(=O)N1CCCC1. The maximum atomic E-state index is 13.0. The summed E-state index contributed by atoms with van der Waals surface area (Å²) in [4.78, 5) is 29.9. The first kappa shape index (κ1) is 21.8. The molecule has 32 heavy (non-hydrogen) atoms. The van der Waals surface area contributed by atoms with E-state index < -0.39 is 0 Å². The van der Waals surface area contributed by atoms with Crippen molar-refractivity contribution < 1.29 is 9.59 Å². The second kappa shape index (κ2) is 10.7. The second-order valence-electron chi connectivity index (χ2n) is 8.21. The minimum absolute atomic E-state index is 0.0103. The molecule has 0 aromatic heterocycles. The Morgan fingerprint density at radius 3 is 1.88 bits per heavy atom.